The van der Waals surface area contributed by atoms with Gasteiger partial charge in [-0.3, -0.25) is 34.2 Å². The van der Waals surface area contributed by atoms with Gasteiger partial charge in [0.1, 0.15) is 0 Å². The smallest absolute Gasteiger partial charge is 0.271 e. The van der Waals surface area contributed by atoms with Crippen molar-refractivity contribution in [2.75, 3.05) is 10.4 Å². The summed E-state index contributed by atoms with van der Waals surface area (Å²) in [5, 5.41) is 21.2. The number of anilines is 1. The predicted octanol–water partition coefficient (Wildman–Crippen LogP) is 4.36. The number of phenols is 1. The van der Waals surface area contributed by atoms with Crippen molar-refractivity contribution < 1.29 is 33.6 Å². The Morgan fingerprint density at radius 2 is 1.80 bits per heavy atom. The van der Waals surface area contributed by atoms with Gasteiger partial charge in [-0.25, -0.2) is 9.29 Å². The van der Waals surface area contributed by atoms with E-state index in [1.54, 1.807) is 6.08 Å². The number of non-ortho nitro benzene ring substituents is 1. The Kier molecular flexibility index (Phi) is 6.33. The van der Waals surface area contributed by atoms with Crippen molar-refractivity contribution in [3.63, 3.8) is 0 Å². The minimum Gasteiger partial charge on any atom is -0.505 e. The number of aromatic hydroxyl groups is 1. The first kappa shape index (κ1) is 27.8. The summed E-state index contributed by atoms with van der Waals surface area (Å²) in [5.74, 6) is -8.36. The van der Waals surface area contributed by atoms with E-state index >= 15 is 0 Å². The maximum absolute atomic E-state index is 14.6. The summed E-state index contributed by atoms with van der Waals surface area (Å²) in [7, 11) is 0. The lowest BCUT2D eigenvalue weighted by atomic mass is 9.56. The summed E-state index contributed by atoms with van der Waals surface area (Å²) < 4.78 is 14.6. The van der Waals surface area contributed by atoms with Crippen LogP contribution in [0.3, 0.4) is 0 Å². The molecule has 1 saturated carbocycles. The quantitative estimate of drug-likeness (QED) is 0.128. The van der Waals surface area contributed by atoms with Gasteiger partial charge in [-0.15, -0.1) is 23.2 Å². The molecule has 6 atom stereocenters. The fourth-order valence-electron chi connectivity index (χ4n) is 6.83. The topological polar surface area (TPSA) is 138 Å². The van der Waals surface area contributed by atoms with Crippen LogP contribution in [-0.4, -0.2) is 53.8 Å². The van der Waals surface area contributed by atoms with Gasteiger partial charge in [-0.1, -0.05) is 39.7 Å². The second kappa shape index (κ2) is 9.33. The molecular formula is C27H19BrCl2FN3O7. The summed E-state index contributed by atoms with van der Waals surface area (Å²) in [4.78, 5) is 63.1. The third-order valence-corrected chi connectivity index (χ3v) is 10.5. The normalized spacial score (nSPS) is 32.5. The molecule has 2 aromatic carbocycles. The monoisotopic (exact) mass is 665 g/mol. The number of nitro groups is 1. The predicted molar refractivity (Wildman–Crippen MR) is 147 cm³/mol. The number of allylic oxidation sites excluding steroid dienone is 2. The molecule has 0 bridgehead atoms. The third kappa shape index (κ3) is 3.59. The van der Waals surface area contributed by atoms with Crippen LogP contribution in [0.15, 0.2) is 54.1 Å². The number of carbonyl (C=O) groups excluding carboxylic acids is 4. The number of halogens is 4. The number of benzene rings is 2. The van der Waals surface area contributed by atoms with Gasteiger partial charge in [0.15, 0.2) is 21.3 Å². The van der Waals surface area contributed by atoms with E-state index in [9.17, 15) is 38.8 Å². The number of rotatable bonds is 4. The maximum atomic E-state index is 14.6. The lowest BCUT2D eigenvalue weighted by molar-refractivity contribution is -0.384. The first-order chi connectivity index (χ1) is 19.4. The fourth-order valence-corrected chi connectivity index (χ4v) is 8.26. The van der Waals surface area contributed by atoms with Gasteiger partial charge in [0, 0.05) is 18.1 Å². The van der Waals surface area contributed by atoms with E-state index in [-0.39, 0.29) is 35.2 Å². The third-order valence-electron chi connectivity index (χ3n) is 8.62. The highest BCUT2D eigenvalue weighted by atomic mass is 79.9. The number of phenolic OH excluding ortho intramolecular Hbond substituents is 1. The van der Waals surface area contributed by atoms with Crippen molar-refractivity contribution >= 4 is 74.1 Å². The second-order valence-corrected chi connectivity index (χ2v) is 12.2. The SMILES string of the molecule is O=C1C2CC=C3C(CC4(Cl)C(=O)N(CBr)C(=O)C4(Cl)C3c3ccc(O)c(F)c3)C2C(=O)N1c1cccc([N+](=O)[O-])c1. The molecule has 0 aromatic heterocycles. The van der Waals surface area contributed by atoms with Crippen LogP contribution in [0.1, 0.15) is 24.3 Å². The Balaban J connectivity index is 1.51. The summed E-state index contributed by atoms with van der Waals surface area (Å²) >= 11 is 17.3. The van der Waals surface area contributed by atoms with Crippen LogP contribution >= 0.6 is 39.1 Å². The lowest BCUT2D eigenvalue weighted by Gasteiger charge is -2.50. The molecule has 3 fully saturated rings. The lowest BCUT2D eigenvalue weighted by Crippen LogP contribution is -2.60. The Bertz CT molecular complexity index is 1620. The van der Waals surface area contributed by atoms with Gasteiger partial charge in [-0.05, 0) is 42.5 Å². The molecular weight excluding hydrogens is 648 g/mol. The number of carbonyl (C=O) groups is 4. The molecule has 6 rings (SSSR count). The molecule has 2 aliphatic heterocycles. The van der Waals surface area contributed by atoms with Crippen LogP contribution < -0.4 is 4.90 Å². The number of fused-ring (bicyclic) bond motifs is 4. The molecule has 2 aromatic rings. The average Bonchev–Trinajstić information content (AvgIpc) is 3.28. The highest BCUT2D eigenvalue weighted by Gasteiger charge is 2.76. The summed E-state index contributed by atoms with van der Waals surface area (Å²) in [6.45, 7) is 0. The Hall–Kier alpha value is -3.35. The molecule has 2 aliphatic carbocycles. The Labute approximate surface area is 250 Å². The standard InChI is InChI=1S/C27H19BrCl2FN3O7/c28-11-32-24(38)26(29)10-17-15(21(27(26,30)25(32)39)12-4-7-19(35)18(31)8-12)5-6-16-20(17)23(37)33(22(16)36)13-2-1-3-14(9-13)34(40)41/h1-5,7-9,16-17,20-21,35H,6,10-11H2. The number of hydrogen-bond donors (Lipinski definition) is 1. The summed E-state index contributed by atoms with van der Waals surface area (Å²) in [6.07, 6.45) is 1.48. The molecule has 4 amide bonds. The summed E-state index contributed by atoms with van der Waals surface area (Å²) in [6, 6.07) is 8.60. The molecule has 4 aliphatic rings. The van der Waals surface area contributed by atoms with Gasteiger partial charge >= 0.3 is 0 Å². The second-order valence-electron chi connectivity index (χ2n) is 10.5. The number of imide groups is 2. The van der Waals surface area contributed by atoms with Crippen LogP contribution in [0, 0.1) is 33.7 Å². The van der Waals surface area contributed by atoms with E-state index in [0.29, 0.717) is 5.57 Å². The summed E-state index contributed by atoms with van der Waals surface area (Å²) in [5.41, 5.74) is 0.114. The van der Waals surface area contributed by atoms with Gasteiger partial charge < -0.3 is 5.11 Å². The van der Waals surface area contributed by atoms with Crippen LogP contribution in [-0.2, 0) is 19.2 Å². The molecule has 14 heteroatoms. The molecule has 10 nitrogen and oxygen atoms in total. The maximum Gasteiger partial charge on any atom is 0.271 e. The van der Waals surface area contributed by atoms with Gasteiger partial charge in [0.2, 0.25) is 11.8 Å². The number of alkyl halides is 3. The number of nitrogens with zero attached hydrogens (tertiary/aromatic N) is 3. The Morgan fingerprint density at radius 3 is 2.46 bits per heavy atom. The van der Waals surface area contributed by atoms with Gasteiger partial charge in [0.25, 0.3) is 17.5 Å². The first-order valence-corrected chi connectivity index (χ1v) is 14.3. The fraction of sp³-hybridized carbons (Fsp3) is 0.333. The molecule has 0 spiro atoms. The van der Waals surface area contributed by atoms with E-state index in [0.717, 1.165) is 28.0 Å². The number of hydrogen-bond acceptors (Lipinski definition) is 7. The average molecular weight is 667 g/mol. The number of likely N-dealkylation sites (tertiary alicyclic amines) is 1. The van der Waals surface area contributed by atoms with Crippen LogP contribution in [0.4, 0.5) is 15.8 Å². The van der Waals surface area contributed by atoms with Crippen LogP contribution in [0.2, 0.25) is 0 Å². The van der Waals surface area contributed by atoms with Crippen molar-refractivity contribution in [1.29, 1.82) is 0 Å². The van der Waals surface area contributed by atoms with Crippen molar-refractivity contribution in [3.8, 4) is 5.75 Å². The zero-order valence-electron chi connectivity index (χ0n) is 20.8. The number of amides is 4. The van der Waals surface area contributed by atoms with E-state index in [1.807, 2.05) is 0 Å². The molecule has 212 valence electrons. The van der Waals surface area contributed by atoms with Crippen LogP contribution in [0.5, 0.6) is 5.75 Å². The zero-order chi connectivity index (χ0) is 29.6. The van der Waals surface area contributed by atoms with Crippen molar-refractivity contribution in [1.82, 2.24) is 4.90 Å². The zero-order valence-corrected chi connectivity index (χ0v) is 23.9. The molecule has 2 saturated heterocycles. The molecule has 0 radical (unpaired) electrons. The molecule has 2 heterocycles. The van der Waals surface area contributed by atoms with Crippen molar-refractivity contribution in [3.05, 3.63) is 75.6 Å². The van der Waals surface area contributed by atoms with Crippen LogP contribution in [0.25, 0.3) is 0 Å². The molecule has 6 unspecified atom stereocenters. The highest BCUT2D eigenvalue weighted by molar-refractivity contribution is 9.09. The minimum atomic E-state index is -2.11. The molecule has 41 heavy (non-hydrogen) atoms. The van der Waals surface area contributed by atoms with Crippen molar-refractivity contribution in [2.45, 2.75) is 28.5 Å². The largest absolute Gasteiger partial charge is 0.505 e. The van der Waals surface area contributed by atoms with E-state index in [2.05, 4.69) is 15.9 Å². The van der Waals surface area contributed by atoms with Gasteiger partial charge in [-0.2, -0.15) is 0 Å². The van der Waals surface area contributed by atoms with Gasteiger partial charge in [0.05, 0.1) is 27.9 Å². The Morgan fingerprint density at radius 1 is 1.07 bits per heavy atom. The van der Waals surface area contributed by atoms with E-state index in [1.165, 1.54) is 24.3 Å². The minimum absolute atomic E-state index is 0.0305. The van der Waals surface area contributed by atoms with E-state index < -0.39 is 73.5 Å². The van der Waals surface area contributed by atoms with Crippen molar-refractivity contribution in [2.24, 2.45) is 17.8 Å². The first-order valence-electron chi connectivity index (χ1n) is 12.5. The van der Waals surface area contributed by atoms with E-state index in [4.69, 9.17) is 23.2 Å². The highest BCUT2D eigenvalue weighted by Crippen LogP contribution is 2.65. The molecule has 1 N–H and O–H groups in total. The number of nitro benzene ring substituents is 1.